The zero-order chi connectivity index (χ0) is 18.1. The number of nitrogens with zero attached hydrogens (tertiary/aromatic N) is 2. The van der Waals surface area contributed by atoms with E-state index >= 15 is 0 Å². The molecule has 1 aromatic carbocycles. The van der Waals surface area contributed by atoms with Gasteiger partial charge in [0.2, 0.25) is 0 Å². The second kappa shape index (κ2) is 10.3. The summed E-state index contributed by atoms with van der Waals surface area (Å²) in [7, 11) is 1.78. The van der Waals surface area contributed by atoms with Crippen LogP contribution in [0.25, 0.3) is 0 Å². The molecule has 2 atom stereocenters. The highest BCUT2D eigenvalue weighted by molar-refractivity contribution is 5.80. The summed E-state index contributed by atoms with van der Waals surface area (Å²) < 4.78 is 5.31. The number of benzene rings is 1. The van der Waals surface area contributed by atoms with Crippen LogP contribution in [0.15, 0.2) is 35.3 Å². The van der Waals surface area contributed by atoms with E-state index < -0.39 is 0 Å². The first kappa shape index (κ1) is 19.6. The van der Waals surface area contributed by atoms with E-state index in [0.717, 1.165) is 44.4 Å². The molecule has 2 unspecified atom stereocenters. The van der Waals surface area contributed by atoms with Gasteiger partial charge in [-0.3, -0.25) is 4.99 Å². The SMILES string of the molecule is CCNC(=NCC(Nc1ccccc1)C(C)C)N1CCC(COC)C1. The second-order valence-corrected chi connectivity index (χ2v) is 7.11. The molecule has 1 aliphatic heterocycles. The van der Waals surface area contributed by atoms with Crippen LogP contribution in [0.2, 0.25) is 0 Å². The number of rotatable bonds is 8. The zero-order valence-corrected chi connectivity index (χ0v) is 16.2. The third-order valence-electron chi connectivity index (χ3n) is 4.69. The molecule has 0 amide bonds. The van der Waals surface area contributed by atoms with Gasteiger partial charge in [-0.15, -0.1) is 0 Å². The normalized spacial score (nSPS) is 19.3. The molecule has 0 bridgehead atoms. The third-order valence-corrected chi connectivity index (χ3v) is 4.69. The fourth-order valence-electron chi connectivity index (χ4n) is 3.18. The van der Waals surface area contributed by atoms with Crippen LogP contribution in [-0.2, 0) is 4.74 Å². The molecule has 1 fully saturated rings. The summed E-state index contributed by atoms with van der Waals surface area (Å²) in [6.07, 6.45) is 1.17. The van der Waals surface area contributed by atoms with Crippen molar-refractivity contribution < 1.29 is 4.74 Å². The molecule has 0 radical (unpaired) electrons. The van der Waals surface area contributed by atoms with Gasteiger partial charge in [-0.2, -0.15) is 0 Å². The first-order valence-electron chi connectivity index (χ1n) is 9.47. The quantitative estimate of drug-likeness (QED) is 0.561. The van der Waals surface area contributed by atoms with E-state index in [1.807, 2.05) is 6.07 Å². The maximum Gasteiger partial charge on any atom is 0.193 e. The van der Waals surface area contributed by atoms with Gasteiger partial charge in [0.25, 0.3) is 0 Å². The number of aliphatic imine (C=N–C) groups is 1. The van der Waals surface area contributed by atoms with E-state index in [-0.39, 0.29) is 0 Å². The lowest BCUT2D eigenvalue weighted by Gasteiger charge is -2.25. The Morgan fingerprint density at radius 2 is 2.08 bits per heavy atom. The first-order chi connectivity index (χ1) is 12.1. The molecule has 5 heteroatoms. The molecule has 0 spiro atoms. The van der Waals surface area contributed by atoms with E-state index in [0.29, 0.717) is 17.9 Å². The Morgan fingerprint density at radius 3 is 2.72 bits per heavy atom. The standard InChI is InChI=1S/C20H34N4O/c1-5-21-20(24-12-11-17(14-24)15-25-4)22-13-19(16(2)3)23-18-9-7-6-8-10-18/h6-10,16-17,19,23H,5,11-15H2,1-4H3,(H,21,22). The smallest absolute Gasteiger partial charge is 0.193 e. The monoisotopic (exact) mass is 346 g/mol. The van der Waals surface area contributed by atoms with Crippen LogP contribution in [0, 0.1) is 11.8 Å². The molecule has 25 heavy (non-hydrogen) atoms. The molecule has 1 heterocycles. The van der Waals surface area contributed by atoms with Gasteiger partial charge in [0.15, 0.2) is 5.96 Å². The van der Waals surface area contributed by atoms with Crippen molar-refractivity contribution in [2.75, 3.05) is 45.2 Å². The minimum atomic E-state index is 0.313. The molecule has 0 aromatic heterocycles. The predicted molar refractivity (Wildman–Crippen MR) is 106 cm³/mol. The summed E-state index contributed by atoms with van der Waals surface area (Å²) in [4.78, 5) is 7.30. The Hall–Kier alpha value is -1.75. The molecule has 0 aliphatic carbocycles. The molecule has 140 valence electrons. The molecule has 1 aliphatic rings. The van der Waals surface area contributed by atoms with E-state index in [1.54, 1.807) is 7.11 Å². The lowest BCUT2D eigenvalue weighted by molar-refractivity contribution is 0.157. The Morgan fingerprint density at radius 1 is 1.32 bits per heavy atom. The Kier molecular flexibility index (Phi) is 8.06. The van der Waals surface area contributed by atoms with Crippen LogP contribution in [0.3, 0.4) is 0 Å². The Labute approximate surface area is 152 Å². The summed E-state index contributed by atoms with van der Waals surface area (Å²) in [5.41, 5.74) is 1.16. The third kappa shape index (κ3) is 6.24. The average Bonchev–Trinajstić information content (AvgIpc) is 3.07. The van der Waals surface area contributed by atoms with Gasteiger partial charge in [-0.05, 0) is 31.4 Å². The summed E-state index contributed by atoms with van der Waals surface area (Å²) in [6, 6.07) is 10.7. The van der Waals surface area contributed by atoms with Crippen molar-refractivity contribution in [2.45, 2.75) is 33.2 Å². The van der Waals surface area contributed by atoms with Gasteiger partial charge < -0.3 is 20.3 Å². The van der Waals surface area contributed by atoms with Gasteiger partial charge in [0.05, 0.1) is 13.2 Å². The fourth-order valence-corrected chi connectivity index (χ4v) is 3.18. The van der Waals surface area contributed by atoms with E-state index in [2.05, 4.69) is 60.6 Å². The second-order valence-electron chi connectivity index (χ2n) is 7.11. The maximum absolute atomic E-state index is 5.31. The van der Waals surface area contributed by atoms with Crippen LogP contribution >= 0.6 is 0 Å². The van der Waals surface area contributed by atoms with Crippen molar-refractivity contribution in [3.05, 3.63) is 30.3 Å². The minimum absolute atomic E-state index is 0.313. The molecule has 5 nitrogen and oxygen atoms in total. The van der Waals surface area contributed by atoms with E-state index in [4.69, 9.17) is 9.73 Å². The van der Waals surface area contributed by atoms with Crippen LogP contribution in [-0.4, -0.2) is 56.8 Å². The lowest BCUT2D eigenvalue weighted by atomic mass is 10.0. The molecule has 1 saturated heterocycles. The highest BCUT2D eigenvalue weighted by Gasteiger charge is 2.25. The summed E-state index contributed by atoms with van der Waals surface area (Å²) in [5, 5.41) is 7.07. The van der Waals surface area contributed by atoms with Crippen molar-refractivity contribution in [3.8, 4) is 0 Å². The van der Waals surface area contributed by atoms with Crippen LogP contribution in [0.1, 0.15) is 27.2 Å². The number of anilines is 1. The zero-order valence-electron chi connectivity index (χ0n) is 16.2. The van der Waals surface area contributed by atoms with Gasteiger partial charge in [0.1, 0.15) is 0 Å². The summed E-state index contributed by atoms with van der Waals surface area (Å²) >= 11 is 0. The van der Waals surface area contributed by atoms with E-state index in [1.165, 1.54) is 6.42 Å². The van der Waals surface area contributed by atoms with Gasteiger partial charge in [0, 0.05) is 44.4 Å². The number of methoxy groups -OCH3 is 1. The van der Waals surface area contributed by atoms with Gasteiger partial charge in [-0.1, -0.05) is 32.0 Å². The van der Waals surface area contributed by atoms with Gasteiger partial charge >= 0.3 is 0 Å². The molecule has 2 N–H and O–H groups in total. The summed E-state index contributed by atoms with van der Waals surface area (Å²) in [6.45, 7) is 11.2. The van der Waals surface area contributed by atoms with Crippen molar-refractivity contribution in [1.29, 1.82) is 0 Å². The minimum Gasteiger partial charge on any atom is -0.384 e. The topological polar surface area (TPSA) is 48.9 Å². The lowest BCUT2D eigenvalue weighted by Crippen LogP contribution is -2.41. The number of likely N-dealkylation sites (tertiary alicyclic amines) is 1. The number of hydrogen-bond acceptors (Lipinski definition) is 3. The largest absolute Gasteiger partial charge is 0.384 e. The number of guanidine groups is 1. The highest BCUT2D eigenvalue weighted by Crippen LogP contribution is 2.17. The fraction of sp³-hybridized carbons (Fsp3) is 0.650. The van der Waals surface area contributed by atoms with Crippen LogP contribution in [0.5, 0.6) is 0 Å². The molecule has 1 aromatic rings. The van der Waals surface area contributed by atoms with E-state index in [9.17, 15) is 0 Å². The number of para-hydroxylation sites is 1. The maximum atomic E-state index is 5.31. The number of nitrogens with one attached hydrogen (secondary N) is 2. The van der Waals surface area contributed by atoms with Crippen LogP contribution < -0.4 is 10.6 Å². The molecule has 2 rings (SSSR count). The van der Waals surface area contributed by atoms with Crippen molar-refractivity contribution >= 4 is 11.6 Å². The molecular formula is C20H34N4O. The summed E-state index contributed by atoms with van der Waals surface area (Å²) in [5.74, 6) is 2.14. The number of hydrogen-bond donors (Lipinski definition) is 2. The predicted octanol–water partition coefficient (Wildman–Crippen LogP) is 3.06. The molecule has 0 saturated carbocycles. The van der Waals surface area contributed by atoms with Crippen LogP contribution in [0.4, 0.5) is 5.69 Å². The van der Waals surface area contributed by atoms with Gasteiger partial charge in [-0.25, -0.2) is 0 Å². The Bertz CT molecular complexity index is 518. The van der Waals surface area contributed by atoms with Crippen molar-refractivity contribution in [2.24, 2.45) is 16.8 Å². The first-order valence-corrected chi connectivity index (χ1v) is 9.47. The van der Waals surface area contributed by atoms with Crippen molar-refractivity contribution in [1.82, 2.24) is 10.2 Å². The number of ether oxygens (including phenoxy) is 1. The average molecular weight is 347 g/mol. The molecular weight excluding hydrogens is 312 g/mol. The highest BCUT2D eigenvalue weighted by atomic mass is 16.5. The van der Waals surface area contributed by atoms with Crippen molar-refractivity contribution in [3.63, 3.8) is 0 Å². The Balaban J connectivity index is 1.99.